The fourth-order valence-electron chi connectivity index (χ4n) is 6.04. The lowest BCUT2D eigenvalue weighted by Gasteiger charge is -2.39. The number of aliphatic imine (C=N–C) groups is 1. The van der Waals surface area contributed by atoms with E-state index >= 15 is 0 Å². The minimum Gasteiger partial charge on any atom is -0.491 e. The van der Waals surface area contributed by atoms with Crippen molar-refractivity contribution in [2.75, 3.05) is 65.8 Å². The van der Waals surface area contributed by atoms with Crippen molar-refractivity contribution in [1.29, 1.82) is 0 Å². The van der Waals surface area contributed by atoms with Crippen LogP contribution in [0.25, 0.3) is 10.9 Å². The van der Waals surface area contributed by atoms with Crippen LogP contribution >= 0.6 is 0 Å². The summed E-state index contributed by atoms with van der Waals surface area (Å²) in [4.78, 5) is 24.8. The Bertz CT molecular complexity index is 1500. The van der Waals surface area contributed by atoms with Crippen molar-refractivity contribution in [2.45, 2.75) is 38.0 Å². The molecule has 1 N–H and O–H groups in total. The smallest absolute Gasteiger partial charge is 0.195 e. The van der Waals surface area contributed by atoms with Crippen LogP contribution in [-0.2, 0) is 20.3 Å². The summed E-state index contributed by atoms with van der Waals surface area (Å²) in [6.07, 6.45) is 3.60. The van der Waals surface area contributed by atoms with Gasteiger partial charge in [0, 0.05) is 66.7 Å². The van der Waals surface area contributed by atoms with Gasteiger partial charge in [-0.15, -0.1) is 0 Å². The van der Waals surface area contributed by atoms with Crippen LogP contribution in [0.3, 0.4) is 0 Å². The summed E-state index contributed by atoms with van der Waals surface area (Å²) in [5, 5.41) is 0.890. The van der Waals surface area contributed by atoms with Crippen LogP contribution in [-0.4, -0.2) is 96.2 Å². The van der Waals surface area contributed by atoms with E-state index in [2.05, 4.69) is 42.6 Å². The fraction of sp³-hybridized carbons (Fsp3) is 0.484. The number of nitrogens with zero attached hydrogens (tertiary/aromatic N) is 3. The average molecular weight is 567 g/mol. The summed E-state index contributed by atoms with van der Waals surface area (Å²) in [7, 11) is -1.30. The third-order valence-electron chi connectivity index (χ3n) is 8.50. The fourth-order valence-corrected chi connectivity index (χ4v) is 8.18. The number of H-pyrrole nitrogens is 1. The predicted octanol–water partition coefficient (Wildman–Crippen LogP) is 4.06. The number of thiol groups is 1. The maximum absolute atomic E-state index is 14.5. The van der Waals surface area contributed by atoms with E-state index in [-0.39, 0.29) is 5.78 Å². The summed E-state index contributed by atoms with van der Waals surface area (Å²) in [5.41, 5.74) is 4.44. The highest BCUT2D eigenvalue weighted by atomic mass is 32.3. The summed E-state index contributed by atoms with van der Waals surface area (Å²) in [6.45, 7) is 13.9. The van der Waals surface area contributed by atoms with Crippen LogP contribution in [0.4, 0.5) is 0 Å². The number of likely N-dealkylation sites (N-methyl/N-ethyl adjacent to an activating group) is 1. The number of benzene rings is 2. The zero-order valence-corrected chi connectivity index (χ0v) is 25.4. The van der Waals surface area contributed by atoms with Crippen LogP contribution in [0.1, 0.15) is 60.4 Å². The first-order chi connectivity index (χ1) is 19.1. The third kappa shape index (κ3) is 4.93. The summed E-state index contributed by atoms with van der Waals surface area (Å²) >= 11 is 0. The lowest BCUT2D eigenvalue weighted by atomic mass is 9.71. The topological polar surface area (TPSA) is 87.2 Å². The minimum absolute atomic E-state index is 0.0506. The number of hydrogen-bond acceptors (Lipinski definition) is 6. The molecule has 40 heavy (non-hydrogen) atoms. The highest BCUT2D eigenvalue weighted by Gasteiger charge is 2.41. The highest BCUT2D eigenvalue weighted by Crippen LogP contribution is 2.47. The van der Waals surface area contributed by atoms with Gasteiger partial charge in [0.05, 0.1) is 23.7 Å². The van der Waals surface area contributed by atoms with E-state index in [9.17, 15) is 9.00 Å². The molecule has 0 unspecified atom stereocenters. The maximum atomic E-state index is 14.5. The molecule has 0 bridgehead atoms. The monoisotopic (exact) mass is 566 g/mol. The van der Waals surface area contributed by atoms with Gasteiger partial charge in [-0.1, -0.05) is 39.8 Å². The van der Waals surface area contributed by atoms with Crippen LogP contribution in [0.15, 0.2) is 40.2 Å². The molecule has 1 fully saturated rings. The number of rotatable bonds is 9. The molecule has 9 heteroatoms. The Labute approximate surface area is 238 Å². The Morgan fingerprint density at radius 1 is 1.18 bits per heavy atom. The second kappa shape index (κ2) is 11.2. The van der Waals surface area contributed by atoms with E-state index in [0.717, 1.165) is 47.4 Å². The molecule has 0 spiro atoms. The number of carbonyl (C=O) groups excluding carboxylic acids is 1. The van der Waals surface area contributed by atoms with Gasteiger partial charge in [-0.05, 0) is 52.5 Å². The third-order valence-corrected chi connectivity index (χ3v) is 11.2. The van der Waals surface area contributed by atoms with Gasteiger partial charge in [0.2, 0.25) is 0 Å². The van der Waals surface area contributed by atoms with Gasteiger partial charge in [0.15, 0.2) is 5.78 Å². The first-order valence-electron chi connectivity index (χ1n) is 14.2. The van der Waals surface area contributed by atoms with Crippen LogP contribution in [0.2, 0.25) is 0 Å². The molecule has 0 atom stereocenters. The lowest BCUT2D eigenvalue weighted by molar-refractivity contribution is 0.0740. The number of nitrogens with one attached hydrogen (secondary N) is 1. The first kappa shape index (κ1) is 28.7. The van der Waals surface area contributed by atoms with Gasteiger partial charge in [-0.3, -0.25) is 14.0 Å². The lowest BCUT2D eigenvalue weighted by Crippen LogP contribution is -2.44. The van der Waals surface area contributed by atoms with Crippen molar-refractivity contribution in [3.63, 3.8) is 0 Å². The Morgan fingerprint density at radius 2 is 1.90 bits per heavy atom. The van der Waals surface area contributed by atoms with Gasteiger partial charge >= 0.3 is 0 Å². The molecular weight excluding hydrogens is 524 g/mol. The van der Waals surface area contributed by atoms with Gasteiger partial charge < -0.3 is 19.4 Å². The minimum atomic E-state index is -3.04. The van der Waals surface area contributed by atoms with E-state index in [4.69, 9.17) is 9.47 Å². The Hall–Kier alpha value is -2.85. The molecule has 1 aromatic heterocycles. The molecule has 3 aromatic rings. The summed E-state index contributed by atoms with van der Waals surface area (Å²) < 4.78 is 28.5. The van der Waals surface area contributed by atoms with E-state index in [1.807, 2.05) is 34.6 Å². The normalized spacial score (nSPS) is 17.9. The molecule has 1 aliphatic carbocycles. The van der Waals surface area contributed by atoms with Crippen molar-refractivity contribution in [3.8, 4) is 5.75 Å². The van der Waals surface area contributed by atoms with Crippen LogP contribution in [0, 0.1) is 0 Å². The Balaban J connectivity index is 1.64. The van der Waals surface area contributed by atoms with Gasteiger partial charge in [-0.2, -0.15) is 0 Å². The molecular formula is C31H42N4O4S. The van der Waals surface area contributed by atoms with Gasteiger partial charge in [0.25, 0.3) is 0 Å². The quantitative estimate of drug-likeness (QED) is 0.301. The number of aromatic amines is 1. The number of ketones is 1. The zero-order valence-electron chi connectivity index (χ0n) is 24.5. The molecule has 1 aliphatic heterocycles. The highest BCUT2D eigenvalue weighted by molar-refractivity contribution is 8.00. The average Bonchev–Trinajstić information content (AvgIpc) is 3.35. The molecule has 8 nitrogen and oxygen atoms in total. The van der Waals surface area contributed by atoms with Crippen LogP contribution < -0.4 is 4.74 Å². The number of aromatic nitrogens is 1. The second-order valence-electron chi connectivity index (χ2n) is 11.2. The predicted molar refractivity (Wildman–Crippen MR) is 163 cm³/mol. The largest absolute Gasteiger partial charge is 0.491 e. The second-order valence-corrected chi connectivity index (χ2v) is 14.0. The molecule has 2 aromatic carbocycles. The van der Waals surface area contributed by atoms with Crippen molar-refractivity contribution < 1.29 is 18.5 Å². The summed E-state index contributed by atoms with van der Waals surface area (Å²) in [5.74, 6) is 0.551. The Morgan fingerprint density at radius 3 is 2.58 bits per heavy atom. The molecule has 0 amide bonds. The number of hydrogen-bond donors (Lipinski definition) is 2. The van der Waals surface area contributed by atoms with Gasteiger partial charge in [-0.25, -0.2) is 4.31 Å². The molecule has 0 saturated carbocycles. The molecule has 5 rings (SSSR count). The summed E-state index contributed by atoms with van der Waals surface area (Å²) in [6, 6.07) is 9.84. The van der Waals surface area contributed by atoms with Gasteiger partial charge in [0.1, 0.15) is 12.4 Å². The molecule has 216 valence electrons. The molecule has 2 heterocycles. The van der Waals surface area contributed by atoms with Crippen LogP contribution in [0.5, 0.6) is 5.75 Å². The maximum Gasteiger partial charge on any atom is 0.195 e. The number of fused-ring (bicyclic) bond motifs is 4. The molecule has 0 radical (unpaired) electrons. The molecule has 2 aliphatic rings. The van der Waals surface area contributed by atoms with E-state index in [1.165, 1.54) is 0 Å². The number of carbonyl (C=O) groups is 1. The Kier molecular flexibility index (Phi) is 8.03. The van der Waals surface area contributed by atoms with Crippen molar-refractivity contribution in [3.05, 3.63) is 58.3 Å². The zero-order chi connectivity index (χ0) is 28.7. The standard InChI is InChI=1S/C31H42N4O4S/c1-7-34(8-2)11-16-39-26-19-24-23(18-27(26)40(6,37)35-12-14-38-15-13-35)29(36)28-22-10-9-21(20-32-5)17-25(22)33-30(28)31(24,3)4/h9-10,17-20,33,40H,7-8,11-16H2,1-6H3/b32-20-. The van der Waals surface area contributed by atoms with Crippen molar-refractivity contribution in [1.82, 2.24) is 14.2 Å². The SMILES string of the molecule is CCN(CC)CCOc1cc2c(cc1[SH](C)(=O)N1CCOCC1)C(=O)c1c([nH]c3cc(/C=N\C)ccc13)C2(C)C. The van der Waals surface area contributed by atoms with E-state index in [0.29, 0.717) is 54.7 Å². The number of morpholine rings is 1. The van der Waals surface area contributed by atoms with E-state index < -0.39 is 15.5 Å². The van der Waals surface area contributed by atoms with E-state index in [1.54, 1.807) is 19.5 Å². The molecule has 1 saturated heterocycles. The van der Waals surface area contributed by atoms with Crippen molar-refractivity contribution >= 4 is 33.0 Å². The number of ether oxygens (including phenoxy) is 2. The first-order valence-corrected chi connectivity index (χ1v) is 16.3. The van der Waals surface area contributed by atoms with Crippen molar-refractivity contribution in [2.24, 2.45) is 4.99 Å².